The van der Waals surface area contributed by atoms with Crippen molar-refractivity contribution in [3.8, 4) is 0 Å². The van der Waals surface area contributed by atoms with Gasteiger partial charge in [0.2, 0.25) is 10.0 Å². The van der Waals surface area contributed by atoms with Gasteiger partial charge >= 0.3 is 5.69 Å². The highest BCUT2D eigenvalue weighted by Crippen LogP contribution is 2.26. The topological polar surface area (TPSA) is 77.2 Å². The molecule has 3 heterocycles. The van der Waals surface area contributed by atoms with Crippen LogP contribution in [-0.4, -0.2) is 45.7 Å². The van der Waals surface area contributed by atoms with Crippen LogP contribution in [0.15, 0.2) is 47.4 Å². The fourth-order valence-electron chi connectivity index (χ4n) is 4.18. The molecule has 30 heavy (non-hydrogen) atoms. The Morgan fingerprint density at radius 2 is 2.07 bits per heavy atom. The fraction of sp³-hybridized carbons (Fsp3) is 0.429. The van der Waals surface area contributed by atoms with Crippen LogP contribution in [0.3, 0.4) is 0 Å². The van der Waals surface area contributed by atoms with Crippen LogP contribution in [0.2, 0.25) is 0 Å². The normalized spacial score (nSPS) is 18.1. The summed E-state index contributed by atoms with van der Waals surface area (Å²) in [6, 6.07) is 9.44. The van der Waals surface area contributed by atoms with Crippen molar-refractivity contribution < 1.29 is 12.8 Å². The lowest BCUT2D eigenvalue weighted by molar-refractivity contribution is 0.265. The molecule has 0 aliphatic carbocycles. The first-order valence-corrected chi connectivity index (χ1v) is 11.8. The molecule has 1 fully saturated rings. The second kappa shape index (κ2) is 8.31. The van der Waals surface area contributed by atoms with E-state index in [1.807, 2.05) is 13.0 Å². The Bertz CT molecular complexity index is 1220. The van der Waals surface area contributed by atoms with Gasteiger partial charge in [-0.25, -0.2) is 22.6 Å². The summed E-state index contributed by atoms with van der Waals surface area (Å²) in [5, 5.41) is 0. The number of fused-ring (bicyclic) bond motifs is 1. The molecule has 7 nitrogen and oxygen atoms in total. The molecule has 160 valence electrons. The molecule has 1 saturated heterocycles. The molecule has 0 spiro atoms. The molecule has 2 aromatic heterocycles. The van der Waals surface area contributed by atoms with E-state index in [1.54, 1.807) is 33.5 Å². The summed E-state index contributed by atoms with van der Waals surface area (Å²) in [5.41, 5.74) is 1.60. The summed E-state index contributed by atoms with van der Waals surface area (Å²) < 4.78 is 43.5. The number of imidazole rings is 1. The molecule has 1 aromatic carbocycles. The van der Waals surface area contributed by atoms with Crippen LogP contribution >= 0.6 is 0 Å². The molecule has 1 aliphatic heterocycles. The number of rotatable bonds is 6. The lowest BCUT2D eigenvalue weighted by Gasteiger charge is -2.32. The smallest absolute Gasteiger partial charge is 0.286 e. The Morgan fingerprint density at radius 1 is 1.23 bits per heavy atom. The third-order valence-corrected chi connectivity index (χ3v) is 7.57. The Balaban J connectivity index is 1.75. The van der Waals surface area contributed by atoms with Gasteiger partial charge in [-0.15, -0.1) is 0 Å². The number of halogens is 1. The summed E-state index contributed by atoms with van der Waals surface area (Å²) in [4.78, 5) is 17.8. The third kappa shape index (κ3) is 3.91. The highest BCUT2D eigenvalue weighted by molar-refractivity contribution is 7.89. The highest BCUT2D eigenvalue weighted by atomic mass is 32.2. The van der Waals surface area contributed by atoms with Crippen molar-refractivity contribution in [3.63, 3.8) is 0 Å². The molecule has 1 aliphatic rings. The summed E-state index contributed by atoms with van der Waals surface area (Å²) in [6.07, 6.45) is 3.56. The number of benzene rings is 1. The van der Waals surface area contributed by atoms with Gasteiger partial charge in [0.15, 0.2) is 5.65 Å². The van der Waals surface area contributed by atoms with Gasteiger partial charge in [0.05, 0.1) is 23.9 Å². The molecule has 0 amide bonds. The van der Waals surface area contributed by atoms with Crippen LogP contribution in [0.1, 0.15) is 37.8 Å². The SMILES string of the molecule is CCCS(=O)(=O)N1CCC[C@H](n2c(=O)n(Cc3cccc(F)c3)c3cccnc32)C1. The number of pyridine rings is 1. The van der Waals surface area contributed by atoms with E-state index < -0.39 is 10.0 Å². The van der Waals surface area contributed by atoms with Crippen molar-refractivity contribution in [3.05, 3.63) is 64.5 Å². The minimum absolute atomic E-state index is 0.105. The second-order valence-corrected chi connectivity index (χ2v) is 9.77. The van der Waals surface area contributed by atoms with E-state index >= 15 is 0 Å². The maximum atomic E-state index is 13.6. The van der Waals surface area contributed by atoms with Gasteiger partial charge in [-0.1, -0.05) is 19.1 Å². The Labute approximate surface area is 174 Å². The van der Waals surface area contributed by atoms with Gasteiger partial charge in [0.25, 0.3) is 0 Å². The zero-order valence-electron chi connectivity index (χ0n) is 16.9. The molecule has 0 bridgehead atoms. The molecule has 9 heteroatoms. The zero-order chi connectivity index (χ0) is 21.3. The lowest BCUT2D eigenvalue weighted by Crippen LogP contribution is -2.43. The number of piperidine rings is 1. The maximum Gasteiger partial charge on any atom is 0.330 e. The van der Waals surface area contributed by atoms with E-state index in [2.05, 4.69) is 4.98 Å². The van der Waals surface area contributed by atoms with E-state index in [4.69, 9.17) is 0 Å². The summed E-state index contributed by atoms with van der Waals surface area (Å²) in [5.74, 6) is -0.250. The summed E-state index contributed by atoms with van der Waals surface area (Å²) in [6.45, 7) is 2.80. The third-order valence-electron chi connectivity index (χ3n) is 5.53. The Kier molecular flexibility index (Phi) is 5.75. The number of sulfonamides is 1. The summed E-state index contributed by atoms with van der Waals surface area (Å²) >= 11 is 0. The standard InChI is InChI=1S/C21H25FN4O3S/c1-2-12-30(28,29)24-11-5-8-18(15-24)26-20-19(9-4-10-23-20)25(21(26)27)14-16-6-3-7-17(22)13-16/h3-4,6-7,9-10,13,18H,2,5,8,11-12,14-15H2,1H3/t18-/m0/s1. The number of hydrogen-bond acceptors (Lipinski definition) is 4. The average Bonchev–Trinajstić information content (AvgIpc) is 3.00. The van der Waals surface area contributed by atoms with Crippen LogP contribution in [0, 0.1) is 5.82 Å². The molecule has 0 saturated carbocycles. The van der Waals surface area contributed by atoms with Crippen LogP contribution in [0.25, 0.3) is 11.2 Å². The van der Waals surface area contributed by atoms with Crippen LogP contribution in [0.4, 0.5) is 4.39 Å². The van der Waals surface area contributed by atoms with E-state index in [9.17, 15) is 17.6 Å². The van der Waals surface area contributed by atoms with Crippen molar-refractivity contribution in [2.24, 2.45) is 0 Å². The van der Waals surface area contributed by atoms with Crippen LogP contribution < -0.4 is 5.69 Å². The predicted octanol–water partition coefficient (Wildman–Crippen LogP) is 2.76. The van der Waals surface area contributed by atoms with Crippen LogP contribution in [0.5, 0.6) is 0 Å². The van der Waals surface area contributed by atoms with Gasteiger partial charge in [-0.2, -0.15) is 4.31 Å². The molecule has 3 aromatic rings. The molecule has 0 radical (unpaired) electrons. The first kappa shape index (κ1) is 20.7. The molecule has 0 unspecified atom stereocenters. The number of nitrogens with zero attached hydrogens (tertiary/aromatic N) is 4. The van der Waals surface area contributed by atoms with Crippen molar-refractivity contribution >= 4 is 21.2 Å². The quantitative estimate of drug-likeness (QED) is 0.600. The minimum atomic E-state index is -3.34. The molecule has 0 N–H and O–H groups in total. The fourth-order valence-corrected chi connectivity index (χ4v) is 5.76. The number of hydrogen-bond donors (Lipinski definition) is 0. The van der Waals surface area contributed by atoms with Crippen molar-refractivity contribution in [1.82, 2.24) is 18.4 Å². The van der Waals surface area contributed by atoms with Gasteiger partial charge in [0, 0.05) is 19.3 Å². The number of aromatic nitrogens is 3. The van der Waals surface area contributed by atoms with Gasteiger partial charge in [-0.3, -0.25) is 9.13 Å². The Hall–Kier alpha value is -2.52. The largest absolute Gasteiger partial charge is 0.330 e. The van der Waals surface area contributed by atoms with Crippen LogP contribution in [-0.2, 0) is 16.6 Å². The zero-order valence-corrected chi connectivity index (χ0v) is 17.7. The monoisotopic (exact) mass is 432 g/mol. The molecule has 1 atom stereocenters. The highest BCUT2D eigenvalue weighted by Gasteiger charge is 2.31. The lowest BCUT2D eigenvalue weighted by atomic mass is 10.1. The first-order chi connectivity index (χ1) is 14.4. The predicted molar refractivity (Wildman–Crippen MR) is 113 cm³/mol. The van der Waals surface area contributed by atoms with Gasteiger partial charge < -0.3 is 0 Å². The molecular formula is C21H25FN4O3S. The van der Waals surface area contributed by atoms with Crippen molar-refractivity contribution in [2.45, 2.75) is 38.8 Å². The molecular weight excluding hydrogens is 407 g/mol. The molecule has 4 rings (SSSR count). The average molecular weight is 433 g/mol. The van der Waals surface area contributed by atoms with Gasteiger partial charge in [0.1, 0.15) is 5.82 Å². The maximum absolute atomic E-state index is 13.6. The summed E-state index contributed by atoms with van der Waals surface area (Å²) in [7, 11) is -3.34. The second-order valence-electron chi connectivity index (χ2n) is 7.68. The van der Waals surface area contributed by atoms with E-state index in [0.717, 1.165) is 0 Å². The van der Waals surface area contributed by atoms with Crippen molar-refractivity contribution in [2.75, 3.05) is 18.8 Å². The Morgan fingerprint density at radius 3 is 2.83 bits per heavy atom. The van der Waals surface area contributed by atoms with E-state index in [1.165, 1.54) is 16.4 Å². The minimum Gasteiger partial charge on any atom is -0.286 e. The van der Waals surface area contributed by atoms with E-state index in [0.29, 0.717) is 42.5 Å². The van der Waals surface area contributed by atoms with Gasteiger partial charge in [-0.05, 0) is 49.1 Å². The van der Waals surface area contributed by atoms with E-state index in [-0.39, 0.29) is 36.4 Å². The van der Waals surface area contributed by atoms with Crippen molar-refractivity contribution in [1.29, 1.82) is 0 Å². The first-order valence-electron chi connectivity index (χ1n) is 10.2.